The molecule has 0 amide bonds. The molecule has 88 valence electrons. The van der Waals surface area contributed by atoms with Gasteiger partial charge < -0.3 is 10.6 Å². The summed E-state index contributed by atoms with van der Waals surface area (Å²) in [6.07, 6.45) is 8.54. The molecular weight excluding hydrogens is 184 g/mol. The molecule has 1 aliphatic carbocycles. The molecule has 1 unspecified atom stereocenters. The molecule has 1 aliphatic heterocycles. The van der Waals surface area contributed by atoms with Crippen LogP contribution in [-0.4, -0.2) is 25.7 Å². The molecule has 1 saturated carbocycles. The van der Waals surface area contributed by atoms with Crippen molar-refractivity contribution in [1.29, 1.82) is 0 Å². The molecule has 0 spiro atoms. The lowest BCUT2D eigenvalue weighted by Crippen LogP contribution is -2.36. The zero-order chi connectivity index (χ0) is 10.5. The summed E-state index contributed by atoms with van der Waals surface area (Å²) in [5.74, 6) is 1.94. The van der Waals surface area contributed by atoms with Crippen LogP contribution in [-0.2, 0) is 0 Å². The highest BCUT2D eigenvalue weighted by Gasteiger charge is 2.18. The van der Waals surface area contributed by atoms with Crippen LogP contribution in [0.5, 0.6) is 0 Å². The van der Waals surface area contributed by atoms with Gasteiger partial charge in [-0.25, -0.2) is 0 Å². The fourth-order valence-corrected chi connectivity index (χ4v) is 2.93. The average molecular weight is 210 g/mol. The van der Waals surface area contributed by atoms with Gasteiger partial charge in [-0.3, -0.25) is 0 Å². The van der Waals surface area contributed by atoms with Crippen molar-refractivity contribution in [1.82, 2.24) is 10.6 Å². The Morgan fingerprint density at radius 1 is 1.07 bits per heavy atom. The van der Waals surface area contributed by atoms with E-state index < -0.39 is 0 Å². The minimum atomic E-state index is 0.757. The molecule has 2 nitrogen and oxygen atoms in total. The van der Waals surface area contributed by atoms with Gasteiger partial charge in [0.25, 0.3) is 0 Å². The SMILES string of the molecule is CC1CCC(CNCC2CCCN2)CC1. The minimum Gasteiger partial charge on any atom is -0.315 e. The summed E-state index contributed by atoms with van der Waals surface area (Å²) in [5, 5.41) is 7.19. The van der Waals surface area contributed by atoms with E-state index in [0.717, 1.165) is 17.9 Å². The second kappa shape index (κ2) is 5.86. The highest BCUT2D eigenvalue weighted by Crippen LogP contribution is 2.27. The number of nitrogens with one attached hydrogen (secondary N) is 2. The maximum absolute atomic E-state index is 3.65. The molecule has 2 heteroatoms. The minimum absolute atomic E-state index is 0.757. The van der Waals surface area contributed by atoms with E-state index in [1.165, 1.54) is 58.2 Å². The Kier molecular flexibility index (Phi) is 4.45. The molecule has 2 rings (SSSR count). The Labute approximate surface area is 94.2 Å². The van der Waals surface area contributed by atoms with Crippen LogP contribution in [0.1, 0.15) is 45.4 Å². The van der Waals surface area contributed by atoms with Crippen molar-refractivity contribution in [3.63, 3.8) is 0 Å². The lowest BCUT2D eigenvalue weighted by molar-refractivity contribution is 0.280. The molecule has 1 atom stereocenters. The molecule has 1 heterocycles. The van der Waals surface area contributed by atoms with Crippen molar-refractivity contribution in [3.05, 3.63) is 0 Å². The molecule has 1 saturated heterocycles. The highest BCUT2D eigenvalue weighted by atomic mass is 15.0. The molecule has 0 radical (unpaired) electrons. The quantitative estimate of drug-likeness (QED) is 0.743. The highest BCUT2D eigenvalue weighted by molar-refractivity contribution is 4.78. The summed E-state index contributed by atoms with van der Waals surface area (Å²) < 4.78 is 0. The molecule has 0 aromatic rings. The third-order valence-electron chi connectivity index (χ3n) is 4.12. The normalized spacial score (nSPS) is 37.0. The van der Waals surface area contributed by atoms with Crippen LogP contribution in [0.2, 0.25) is 0 Å². The fourth-order valence-electron chi connectivity index (χ4n) is 2.93. The van der Waals surface area contributed by atoms with E-state index in [2.05, 4.69) is 17.6 Å². The molecular formula is C13H26N2. The van der Waals surface area contributed by atoms with E-state index in [-0.39, 0.29) is 0 Å². The summed E-state index contributed by atoms with van der Waals surface area (Å²) in [4.78, 5) is 0. The van der Waals surface area contributed by atoms with Gasteiger partial charge in [-0.05, 0) is 50.6 Å². The molecule has 0 aromatic heterocycles. The monoisotopic (exact) mass is 210 g/mol. The molecule has 15 heavy (non-hydrogen) atoms. The van der Waals surface area contributed by atoms with Gasteiger partial charge in [0.2, 0.25) is 0 Å². The van der Waals surface area contributed by atoms with Gasteiger partial charge in [-0.1, -0.05) is 19.8 Å². The molecule has 2 fully saturated rings. The Morgan fingerprint density at radius 2 is 1.87 bits per heavy atom. The summed E-state index contributed by atoms with van der Waals surface area (Å²) in [6.45, 7) is 6.07. The Bertz CT molecular complexity index is 167. The first-order valence-corrected chi connectivity index (χ1v) is 6.78. The van der Waals surface area contributed by atoms with Crippen LogP contribution in [0.4, 0.5) is 0 Å². The first-order chi connectivity index (χ1) is 7.34. The maximum Gasteiger partial charge on any atom is 0.0192 e. The predicted octanol–water partition coefficient (Wildman–Crippen LogP) is 2.15. The Hall–Kier alpha value is -0.0800. The van der Waals surface area contributed by atoms with Gasteiger partial charge in [-0.15, -0.1) is 0 Å². The van der Waals surface area contributed by atoms with Crippen molar-refractivity contribution in [3.8, 4) is 0 Å². The standard InChI is InChI=1S/C13H26N2/c1-11-4-6-12(7-5-11)9-14-10-13-3-2-8-15-13/h11-15H,2-10H2,1H3. The van der Waals surface area contributed by atoms with Crippen molar-refractivity contribution in [2.45, 2.75) is 51.5 Å². The van der Waals surface area contributed by atoms with E-state index >= 15 is 0 Å². The van der Waals surface area contributed by atoms with Crippen molar-refractivity contribution in [2.24, 2.45) is 11.8 Å². The average Bonchev–Trinajstić information content (AvgIpc) is 2.74. The molecule has 2 aliphatic rings. The topological polar surface area (TPSA) is 24.1 Å². The second-order valence-corrected chi connectivity index (χ2v) is 5.58. The Morgan fingerprint density at radius 3 is 2.53 bits per heavy atom. The lowest BCUT2D eigenvalue weighted by atomic mass is 9.83. The van der Waals surface area contributed by atoms with Crippen LogP contribution in [0, 0.1) is 11.8 Å². The fraction of sp³-hybridized carbons (Fsp3) is 1.00. The first-order valence-electron chi connectivity index (χ1n) is 6.78. The summed E-state index contributed by atoms with van der Waals surface area (Å²) in [6, 6.07) is 0.757. The largest absolute Gasteiger partial charge is 0.315 e. The van der Waals surface area contributed by atoms with Crippen LogP contribution in [0.25, 0.3) is 0 Å². The van der Waals surface area contributed by atoms with Gasteiger partial charge >= 0.3 is 0 Å². The van der Waals surface area contributed by atoms with E-state index in [9.17, 15) is 0 Å². The van der Waals surface area contributed by atoms with Crippen molar-refractivity contribution < 1.29 is 0 Å². The number of hydrogen-bond acceptors (Lipinski definition) is 2. The van der Waals surface area contributed by atoms with E-state index in [1.807, 2.05) is 0 Å². The van der Waals surface area contributed by atoms with Crippen molar-refractivity contribution >= 4 is 0 Å². The summed E-state index contributed by atoms with van der Waals surface area (Å²) >= 11 is 0. The predicted molar refractivity (Wildman–Crippen MR) is 65.0 cm³/mol. The van der Waals surface area contributed by atoms with Crippen LogP contribution in [0.15, 0.2) is 0 Å². The molecule has 2 N–H and O–H groups in total. The van der Waals surface area contributed by atoms with Crippen LogP contribution >= 0.6 is 0 Å². The maximum atomic E-state index is 3.65. The second-order valence-electron chi connectivity index (χ2n) is 5.58. The summed E-state index contributed by atoms with van der Waals surface area (Å²) in [5.41, 5.74) is 0. The zero-order valence-corrected chi connectivity index (χ0v) is 10.1. The van der Waals surface area contributed by atoms with E-state index in [0.29, 0.717) is 0 Å². The van der Waals surface area contributed by atoms with Gasteiger partial charge in [0.05, 0.1) is 0 Å². The molecule has 0 bridgehead atoms. The molecule has 0 aromatic carbocycles. The Balaban J connectivity index is 1.53. The van der Waals surface area contributed by atoms with Gasteiger partial charge in [-0.2, -0.15) is 0 Å². The van der Waals surface area contributed by atoms with Crippen molar-refractivity contribution in [2.75, 3.05) is 19.6 Å². The lowest BCUT2D eigenvalue weighted by Gasteiger charge is -2.26. The first kappa shape index (κ1) is 11.4. The number of hydrogen-bond donors (Lipinski definition) is 2. The van der Waals surface area contributed by atoms with Gasteiger partial charge in [0, 0.05) is 12.6 Å². The summed E-state index contributed by atoms with van der Waals surface area (Å²) in [7, 11) is 0. The van der Waals surface area contributed by atoms with Gasteiger partial charge in [0.15, 0.2) is 0 Å². The van der Waals surface area contributed by atoms with Crippen LogP contribution < -0.4 is 10.6 Å². The third kappa shape index (κ3) is 3.76. The smallest absolute Gasteiger partial charge is 0.0192 e. The van der Waals surface area contributed by atoms with Crippen LogP contribution in [0.3, 0.4) is 0 Å². The zero-order valence-electron chi connectivity index (χ0n) is 10.1. The van der Waals surface area contributed by atoms with E-state index in [1.54, 1.807) is 0 Å². The van der Waals surface area contributed by atoms with E-state index in [4.69, 9.17) is 0 Å². The third-order valence-corrected chi connectivity index (χ3v) is 4.12. The number of rotatable bonds is 4. The van der Waals surface area contributed by atoms with Gasteiger partial charge in [0.1, 0.15) is 0 Å².